The Morgan fingerprint density at radius 2 is 1.37 bits per heavy atom. The summed E-state index contributed by atoms with van der Waals surface area (Å²) in [7, 11) is 0. The molecule has 5 atom stereocenters. The molecule has 0 aliphatic carbocycles. The molecule has 0 fully saturated rings. The normalized spacial score (nSPS) is 16.0. The van der Waals surface area contributed by atoms with Crippen LogP contribution in [0.15, 0.2) is 0 Å². The Balaban J connectivity index is 5.25. The van der Waals surface area contributed by atoms with Gasteiger partial charge in [-0.25, -0.2) is 4.79 Å². The van der Waals surface area contributed by atoms with Crippen LogP contribution in [-0.4, -0.2) is 87.0 Å². The van der Waals surface area contributed by atoms with Gasteiger partial charge in [0.2, 0.25) is 17.7 Å². The predicted molar refractivity (Wildman–Crippen MR) is 102 cm³/mol. The van der Waals surface area contributed by atoms with Crippen LogP contribution in [0, 0.1) is 5.92 Å². The third-order valence-corrected chi connectivity index (χ3v) is 3.93. The third kappa shape index (κ3) is 9.62. The van der Waals surface area contributed by atoms with Crippen molar-refractivity contribution in [2.24, 2.45) is 11.7 Å². The molecule has 9 N–H and O–H groups in total. The van der Waals surface area contributed by atoms with E-state index in [4.69, 9.17) is 15.9 Å². The van der Waals surface area contributed by atoms with Crippen molar-refractivity contribution in [2.75, 3.05) is 6.61 Å². The summed E-state index contributed by atoms with van der Waals surface area (Å²) in [6.07, 6.45) is -1.98. The average molecular weight is 434 g/mol. The molecule has 13 nitrogen and oxygen atoms in total. The van der Waals surface area contributed by atoms with Gasteiger partial charge < -0.3 is 42.1 Å². The Bertz CT molecular complexity index is 639. The van der Waals surface area contributed by atoms with Crippen molar-refractivity contribution in [3.05, 3.63) is 0 Å². The highest BCUT2D eigenvalue weighted by atomic mass is 16.4. The summed E-state index contributed by atoms with van der Waals surface area (Å²) in [4.78, 5) is 58.6. The fraction of sp³-hybridized carbons (Fsp3) is 0.706. The molecule has 0 radical (unpaired) electrons. The molecule has 13 heteroatoms. The SMILES string of the molecule is CC(C)CC(NC(=O)C(N)CC(=O)O)C(=O)NC(CO)C(=O)NC(C(=O)O)C(C)O. The lowest BCUT2D eigenvalue weighted by molar-refractivity contribution is -0.145. The zero-order chi connectivity index (χ0) is 23.6. The molecule has 0 heterocycles. The smallest absolute Gasteiger partial charge is 0.328 e. The van der Waals surface area contributed by atoms with Gasteiger partial charge >= 0.3 is 11.9 Å². The molecule has 0 aromatic rings. The number of hydrogen-bond donors (Lipinski definition) is 8. The van der Waals surface area contributed by atoms with Crippen molar-refractivity contribution in [3.8, 4) is 0 Å². The minimum Gasteiger partial charge on any atom is -0.481 e. The highest BCUT2D eigenvalue weighted by Crippen LogP contribution is 2.06. The largest absolute Gasteiger partial charge is 0.481 e. The molecule has 0 saturated heterocycles. The van der Waals surface area contributed by atoms with E-state index in [1.54, 1.807) is 13.8 Å². The summed E-state index contributed by atoms with van der Waals surface area (Å²) >= 11 is 0. The van der Waals surface area contributed by atoms with Gasteiger partial charge in [-0.2, -0.15) is 0 Å². The van der Waals surface area contributed by atoms with E-state index in [2.05, 4.69) is 10.6 Å². The highest BCUT2D eigenvalue weighted by molar-refractivity contribution is 5.94. The number of hydrogen-bond acceptors (Lipinski definition) is 8. The van der Waals surface area contributed by atoms with Gasteiger partial charge in [-0.3, -0.25) is 19.2 Å². The molecule has 0 bridgehead atoms. The monoisotopic (exact) mass is 434 g/mol. The van der Waals surface area contributed by atoms with Crippen molar-refractivity contribution in [3.63, 3.8) is 0 Å². The molecular formula is C17H30N4O9. The fourth-order valence-corrected chi connectivity index (χ4v) is 2.37. The predicted octanol–water partition coefficient (Wildman–Crippen LogP) is -3.25. The Morgan fingerprint density at radius 1 is 0.867 bits per heavy atom. The first-order valence-electron chi connectivity index (χ1n) is 9.20. The summed E-state index contributed by atoms with van der Waals surface area (Å²) in [5, 5.41) is 43.1. The summed E-state index contributed by atoms with van der Waals surface area (Å²) in [5.41, 5.74) is 5.48. The minimum absolute atomic E-state index is 0.0928. The molecule has 0 aliphatic rings. The number of carbonyl (C=O) groups excluding carboxylic acids is 3. The topological polar surface area (TPSA) is 228 Å². The fourth-order valence-electron chi connectivity index (χ4n) is 2.37. The van der Waals surface area contributed by atoms with E-state index in [1.165, 1.54) is 0 Å². The first-order valence-corrected chi connectivity index (χ1v) is 9.20. The third-order valence-electron chi connectivity index (χ3n) is 3.93. The van der Waals surface area contributed by atoms with Gasteiger partial charge in [-0.05, 0) is 19.3 Å². The second-order valence-corrected chi connectivity index (χ2v) is 7.20. The van der Waals surface area contributed by atoms with Gasteiger partial charge in [-0.1, -0.05) is 13.8 Å². The molecule has 3 amide bonds. The minimum atomic E-state index is -1.66. The number of nitrogens with two attached hydrogens (primary N) is 1. The first kappa shape index (κ1) is 27.2. The second-order valence-electron chi connectivity index (χ2n) is 7.20. The zero-order valence-corrected chi connectivity index (χ0v) is 17.0. The number of nitrogens with one attached hydrogen (secondary N) is 3. The maximum Gasteiger partial charge on any atom is 0.328 e. The van der Waals surface area contributed by atoms with Crippen molar-refractivity contribution >= 4 is 29.7 Å². The number of carbonyl (C=O) groups is 5. The van der Waals surface area contributed by atoms with E-state index >= 15 is 0 Å². The van der Waals surface area contributed by atoms with Gasteiger partial charge in [0.15, 0.2) is 6.04 Å². The van der Waals surface area contributed by atoms with E-state index in [-0.39, 0.29) is 12.3 Å². The van der Waals surface area contributed by atoms with Gasteiger partial charge in [0.1, 0.15) is 12.1 Å². The van der Waals surface area contributed by atoms with E-state index in [1.807, 2.05) is 5.32 Å². The molecule has 0 aromatic heterocycles. The summed E-state index contributed by atoms with van der Waals surface area (Å²) < 4.78 is 0. The van der Waals surface area contributed by atoms with Gasteiger partial charge in [0.25, 0.3) is 0 Å². The maximum absolute atomic E-state index is 12.5. The molecule has 0 aromatic carbocycles. The van der Waals surface area contributed by atoms with Crippen LogP contribution in [0.25, 0.3) is 0 Å². The van der Waals surface area contributed by atoms with Crippen LogP contribution >= 0.6 is 0 Å². The van der Waals surface area contributed by atoms with Gasteiger partial charge in [-0.15, -0.1) is 0 Å². The van der Waals surface area contributed by atoms with Crippen molar-refractivity contribution in [1.82, 2.24) is 16.0 Å². The molecule has 5 unspecified atom stereocenters. The van der Waals surface area contributed by atoms with Crippen LogP contribution in [0.1, 0.15) is 33.6 Å². The summed E-state index contributed by atoms with van der Waals surface area (Å²) in [6, 6.07) is -5.81. The Kier molecular flexibility index (Phi) is 11.5. The average Bonchev–Trinajstić information content (AvgIpc) is 2.61. The van der Waals surface area contributed by atoms with Crippen molar-refractivity contribution in [1.29, 1.82) is 0 Å². The summed E-state index contributed by atoms with van der Waals surface area (Å²) in [6.45, 7) is 3.75. The van der Waals surface area contributed by atoms with Crippen LogP contribution < -0.4 is 21.7 Å². The molecule has 0 rings (SSSR count). The van der Waals surface area contributed by atoms with Crippen LogP contribution in [0.2, 0.25) is 0 Å². The molecular weight excluding hydrogens is 404 g/mol. The first-order chi connectivity index (χ1) is 13.8. The Morgan fingerprint density at radius 3 is 1.77 bits per heavy atom. The summed E-state index contributed by atoms with van der Waals surface area (Å²) in [5.74, 6) is -5.72. The lowest BCUT2D eigenvalue weighted by atomic mass is 10.0. The van der Waals surface area contributed by atoms with Crippen molar-refractivity contribution in [2.45, 2.75) is 63.9 Å². The van der Waals surface area contributed by atoms with E-state index in [0.29, 0.717) is 0 Å². The Labute approximate surface area is 173 Å². The van der Waals surface area contributed by atoms with E-state index in [9.17, 15) is 34.2 Å². The van der Waals surface area contributed by atoms with E-state index in [0.717, 1.165) is 6.92 Å². The maximum atomic E-state index is 12.5. The number of amides is 3. The Hall–Kier alpha value is -2.77. The van der Waals surface area contributed by atoms with Crippen LogP contribution in [0.4, 0.5) is 0 Å². The van der Waals surface area contributed by atoms with Crippen LogP contribution in [0.5, 0.6) is 0 Å². The lowest BCUT2D eigenvalue weighted by Crippen LogP contribution is -2.59. The number of carboxylic acids is 2. The number of aliphatic hydroxyl groups excluding tert-OH is 2. The molecule has 0 aliphatic heterocycles. The molecule has 30 heavy (non-hydrogen) atoms. The number of aliphatic hydroxyl groups is 2. The quantitative estimate of drug-likeness (QED) is 0.144. The molecule has 172 valence electrons. The zero-order valence-electron chi connectivity index (χ0n) is 17.0. The highest BCUT2D eigenvalue weighted by Gasteiger charge is 2.32. The lowest BCUT2D eigenvalue weighted by Gasteiger charge is -2.25. The van der Waals surface area contributed by atoms with Gasteiger partial charge in [0.05, 0.1) is 25.2 Å². The number of aliphatic carboxylic acids is 2. The standard InChI is InChI=1S/C17H30N4O9/c1-7(2)4-10(19-14(26)9(18)5-12(24)25)15(27)20-11(6-22)16(28)21-13(8(3)23)17(29)30/h7-11,13,22-23H,4-6,18H2,1-3H3,(H,19,26)(H,20,27)(H,21,28)(H,24,25)(H,29,30). The number of carboxylic acid groups (broad SMARTS) is 2. The van der Waals surface area contributed by atoms with E-state index < -0.39 is 73.0 Å². The molecule has 0 saturated carbocycles. The van der Waals surface area contributed by atoms with Gasteiger partial charge in [0, 0.05) is 0 Å². The number of rotatable bonds is 13. The second kappa shape index (κ2) is 12.7. The molecule has 0 spiro atoms. The van der Waals surface area contributed by atoms with Crippen LogP contribution in [0.3, 0.4) is 0 Å². The van der Waals surface area contributed by atoms with Crippen LogP contribution in [-0.2, 0) is 24.0 Å². The van der Waals surface area contributed by atoms with Crippen molar-refractivity contribution < 1.29 is 44.4 Å².